The smallest absolute Gasteiger partial charge is 0.399 e. The minimum Gasteiger partial charge on any atom is -0.399 e. The van der Waals surface area contributed by atoms with E-state index < -0.39 is 0 Å². The van der Waals surface area contributed by atoms with Crippen molar-refractivity contribution in [3.8, 4) is 11.1 Å². The van der Waals surface area contributed by atoms with Crippen molar-refractivity contribution in [1.82, 2.24) is 9.78 Å². The standard InChI is InChI=1S/C21H31BN2O2/c1-9-24-14-17(18(23-24)19(2,3)4)15-11-10-12-16(13-15)22-25-20(5,6)21(7,8)26-22/h10-14H,9H2,1-8H3. The number of hydrogen-bond acceptors (Lipinski definition) is 3. The molecule has 0 N–H and O–H groups in total. The average Bonchev–Trinajstić information content (AvgIpc) is 3.06. The van der Waals surface area contributed by atoms with Crippen molar-refractivity contribution in [3.05, 3.63) is 36.2 Å². The van der Waals surface area contributed by atoms with E-state index in [1.165, 1.54) is 5.56 Å². The SMILES string of the molecule is CCn1cc(-c2cccc(B3OC(C)(C)C(C)(C)O3)c2)c(C(C)(C)C)n1. The molecular weight excluding hydrogens is 323 g/mol. The lowest BCUT2D eigenvalue weighted by Crippen LogP contribution is -2.41. The van der Waals surface area contributed by atoms with Crippen LogP contribution < -0.4 is 5.46 Å². The van der Waals surface area contributed by atoms with E-state index in [0.717, 1.165) is 23.3 Å². The van der Waals surface area contributed by atoms with Crippen LogP contribution in [0.2, 0.25) is 0 Å². The number of nitrogens with zero attached hydrogens (tertiary/aromatic N) is 2. The first-order valence-electron chi connectivity index (χ1n) is 9.48. The first-order chi connectivity index (χ1) is 11.9. The lowest BCUT2D eigenvalue weighted by Gasteiger charge is -2.32. The second-order valence-electron chi connectivity index (χ2n) is 9.21. The van der Waals surface area contributed by atoms with Gasteiger partial charge in [0.15, 0.2) is 0 Å². The van der Waals surface area contributed by atoms with Crippen molar-refractivity contribution < 1.29 is 9.31 Å². The van der Waals surface area contributed by atoms with Crippen molar-refractivity contribution in [2.45, 2.75) is 78.6 Å². The Hall–Kier alpha value is -1.59. The topological polar surface area (TPSA) is 36.3 Å². The van der Waals surface area contributed by atoms with Gasteiger partial charge in [-0.3, -0.25) is 4.68 Å². The molecule has 0 bridgehead atoms. The number of hydrogen-bond donors (Lipinski definition) is 0. The van der Waals surface area contributed by atoms with Crippen LogP contribution >= 0.6 is 0 Å². The van der Waals surface area contributed by atoms with Crippen LogP contribution in [0.4, 0.5) is 0 Å². The lowest BCUT2D eigenvalue weighted by molar-refractivity contribution is 0.00578. The van der Waals surface area contributed by atoms with Gasteiger partial charge >= 0.3 is 7.12 Å². The molecule has 1 aliphatic heterocycles. The fraction of sp³-hybridized carbons (Fsp3) is 0.571. The van der Waals surface area contributed by atoms with Crippen LogP contribution in [0.1, 0.15) is 61.1 Å². The van der Waals surface area contributed by atoms with E-state index in [9.17, 15) is 0 Å². The van der Waals surface area contributed by atoms with Crippen molar-refractivity contribution in [3.63, 3.8) is 0 Å². The molecule has 0 spiro atoms. The largest absolute Gasteiger partial charge is 0.494 e. The molecule has 0 unspecified atom stereocenters. The van der Waals surface area contributed by atoms with Gasteiger partial charge in [-0.05, 0) is 45.6 Å². The van der Waals surface area contributed by atoms with Gasteiger partial charge in [0.05, 0.1) is 16.9 Å². The molecule has 5 heteroatoms. The normalized spacial score (nSPS) is 19.2. The zero-order valence-corrected chi connectivity index (χ0v) is 17.4. The highest BCUT2D eigenvalue weighted by atomic mass is 16.7. The van der Waals surface area contributed by atoms with E-state index in [1.54, 1.807) is 0 Å². The van der Waals surface area contributed by atoms with Crippen LogP contribution in [0.5, 0.6) is 0 Å². The summed E-state index contributed by atoms with van der Waals surface area (Å²) < 4.78 is 14.5. The third-order valence-electron chi connectivity index (χ3n) is 5.52. The minimum absolute atomic E-state index is 0.0178. The molecule has 0 amide bonds. The van der Waals surface area contributed by atoms with Gasteiger partial charge in [0.1, 0.15) is 0 Å². The summed E-state index contributed by atoms with van der Waals surface area (Å²) in [5, 5.41) is 4.80. The summed E-state index contributed by atoms with van der Waals surface area (Å²) in [4.78, 5) is 0. The first kappa shape index (κ1) is 19.2. The predicted molar refractivity (Wildman–Crippen MR) is 108 cm³/mol. The second kappa shape index (κ2) is 6.24. The summed E-state index contributed by atoms with van der Waals surface area (Å²) >= 11 is 0. The maximum absolute atomic E-state index is 6.22. The molecule has 1 aromatic heterocycles. The molecule has 0 radical (unpaired) electrons. The Morgan fingerprint density at radius 2 is 1.69 bits per heavy atom. The van der Waals surface area contributed by atoms with Crippen LogP contribution in [-0.4, -0.2) is 28.1 Å². The monoisotopic (exact) mass is 354 g/mol. The van der Waals surface area contributed by atoms with Crippen molar-refractivity contribution >= 4 is 12.6 Å². The number of aryl methyl sites for hydroxylation is 1. The van der Waals surface area contributed by atoms with E-state index in [1.807, 2.05) is 4.68 Å². The number of benzene rings is 1. The van der Waals surface area contributed by atoms with Crippen molar-refractivity contribution in [2.75, 3.05) is 0 Å². The Kier molecular flexibility index (Phi) is 4.61. The molecule has 1 aromatic carbocycles. The van der Waals surface area contributed by atoms with Crippen LogP contribution in [0.15, 0.2) is 30.5 Å². The van der Waals surface area contributed by atoms with Gasteiger partial charge in [-0.2, -0.15) is 5.10 Å². The molecule has 1 aliphatic rings. The fourth-order valence-corrected chi connectivity index (χ4v) is 3.18. The third kappa shape index (κ3) is 3.35. The molecule has 26 heavy (non-hydrogen) atoms. The Balaban J connectivity index is 2.01. The Morgan fingerprint density at radius 1 is 1.08 bits per heavy atom. The van der Waals surface area contributed by atoms with Crippen LogP contribution in [0.25, 0.3) is 11.1 Å². The summed E-state index contributed by atoms with van der Waals surface area (Å²) in [6.07, 6.45) is 2.14. The minimum atomic E-state index is -0.348. The second-order valence-corrected chi connectivity index (χ2v) is 9.21. The van der Waals surface area contributed by atoms with Gasteiger partial charge in [0.2, 0.25) is 0 Å². The van der Waals surface area contributed by atoms with E-state index in [0.29, 0.717) is 0 Å². The molecule has 0 aliphatic carbocycles. The summed E-state index contributed by atoms with van der Waals surface area (Å²) in [5.74, 6) is 0. The van der Waals surface area contributed by atoms with Gasteiger partial charge in [-0.15, -0.1) is 0 Å². The van der Waals surface area contributed by atoms with E-state index in [-0.39, 0.29) is 23.7 Å². The van der Waals surface area contributed by atoms with Gasteiger partial charge in [-0.25, -0.2) is 0 Å². The quantitative estimate of drug-likeness (QED) is 0.777. The molecule has 0 atom stereocenters. The lowest BCUT2D eigenvalue weighted by atomic mass is 9.77. The summed E-state index contributed by atoms with van der Waals surface area (Å²) in [7, 11) is -0.348. The molecule has 4 nitrogen and oxygen atoms in total. The Labute approximate surface area is 158 Å². The zero-order valence-electron chi connectivity index (χ0n) is 17.4. The molecular formula is C21H31BN2O2. The molecule has 2 aromatic rings. The van der Waals surface area contributed by atoms with E-state index >= 15 is 0 Å². The highest BCUT2D eigenvalue weighted by molar-refractivity contribution is 6.62. The van der Waals surface area contributed by atoms with Gasteiger partial charge in [0.25, 0.3) is 0 Å². The van der Waals surface area contributed by atoms with E-state index in [2.05, 4.69) is 85.9 Å². The van der Waals surface area contributed by atoms with Crippen LogP contribution in [0, 0.1) is 0 Å². The van der Waals surface area contributed by atoms with Crippen molar-refractivity contribution in [1.29, 1.82) is 0 Å². The molecule has 1 saturated heterocycles. The number of aromatic nitrogens is 2. The molecule has 2 heterocycles. The van der Waals surface area contributed by atoms with Crippen LogP contribution in [0.3, 0.4) is 0 Å². The van der Waals surface area contributed by atoms with Crippen LogP contribution in [-0.2, 0) is 21.3 Å². The zero-order chi connectivity index (χ0) is 19.3. The summed E-state index contributed by atoms with van der Waals surface area (Å²) in [5.41, 5.74) is 3.81. The fourth-order valence-electron chi connectivity index (χ4n) is 3.18. The highest BCUT2D eigenvalue weighted by Gasteiger charge is 2.51. The van der Waals surface area contributed by atoms with Gasteiger partial charge < -0.3 is 9.31 Å². The highest BCUT2D eigenvalue weighted by Crippen LogP contribution is 2.37. The van der Waals surface area contributed by atoms with E-state index in [4.69, 9.17) is 14.4 Å². The maximum Gasteiger partial charge on any atom is 0.494 e. The first-order valence-corrected chi connectivity index (χ1v) is 9.48. The predicted octanol–water partition coefficient (Wildman–Crippen LogP) is 4.17. The maximum atomic E-state index is 6.22. The molecule has 140 valence electrons. The molecule has 0 saturated carbocycles. The van der Waals surface area contributed by atoms with Crippen molar-refractivity contribution in [2.24, 2.45) is 0 Å². The number of rotatable bonds is 3. The third-order valence-corrected chi connectivity index (χ3v) is 5.52. The summed E-state index contributed by atoms with van der Waals surface area (Å²) in [6, 6.07) is 8.47. The molecule has 1 fully saturated rings. The molecule has 3 rings (SSSR count). The van der Waals surface area contributed by atoms with Gasteiger partial charge in [-0.1, -0.05) is 45.0 Å². The average molecular weight is 354 g/mol. The Bertz CT molecular complexity index is 787. The summed E-state index contributed by atoms with van der Waals surface area (Å²) in [6.45, 7) is 17.9. The van der Waals surface area contributed by atoms with Gasteiger partial charge in [0, 0.05) is 23.7 Å². The Morgan fingerprint density at radius 3 is 2.23 bits per heavy atom.